The number of rotatable bonds is 7. The van der Waals surface area contributed by atoms with Gasteiger partial charge in [-0.3, -0.25) is 9.59 Å². The van der Waals surface area contributed by atoms with E-state index in [1.807, 2.05) is 0 Å². The molecule has 2 amide bonds. The SMILES string of the molecule is COc1cccc(-c2noc(CNC(=O)CCN3C(=O)c4ccccc4S3(=O)=O)n2)c1. The summed E-state index contributed by atoms with van der Waals surface area (Å²) < 4.78 is 36.0. The molecule has 10 nitrogen and oxygen atoms in total. The first kappa shape index (κ1) is 20.5. The molecule has 1 aromatic heterocycles. The fraction of sp³-hybridized carbons (Fsp3) is 0.200. The molecule has 0 bridgehead atoms. The van der Waals surface area contributed by atoms with Gasteiger partial charge < -0.3 is 14.6 Å². The summed E-state index contributed by atoms with van der Waals surface area (Å²) in [6.07, 6.45) is -0.199. The Kier molecular flexibility index (Phi) is 5.42. The lowest BCUT2D eigenvalue weighted by Crippen LogP contribution is -2.34. The van der Waals surface area contributed by atoms with Gasteiger partial charge in [0.05, 0.1) is 19.2 Å². The van der Waals surface area contributed by atoms with Crippen LogP contribution in [0.5, 0.6) is 5.75 Å². The van der Waals surface area contributed by atoms with Gasteiger partial charge in [-0.05, 0) is 24.3 Å². The average Bonchev–Trinajstić information content (AvgIpc) is 3.33. The van der Waals surface area contributed by atoms with Gasteiger partial charge in [-0.25, -0.2) is 12.7 Å². The number of methoxy groups -OCH3 is 1. The summed E-state index contributed by atoms with van der Waals surface area (Å²) in [6, 6.07) is 13.1. The smallest absolute Gasteiger partial charge is 0.269 e. The van der Waals surface area contributed by atoms with Crippen molar-refractivity contribution < 1.29 is 27.3 Å². The summed E-state index contributed by atoms with van der Waals surface area (Å²) in [6.45, 7) is -0.294. The Bertz CT molecular complexity index is 1250. The number of amides is 2. The molecule has 3 aromatic rings. The maximum absolute atomic E-state index is 12.5. The number of fused-ring (bicyclic) bond motifs is 1. The third-order valence-electron chi connectivity index (χ3n) is 4.69. The maximum Gasteiger partial charge on any atom is 0.269 e. The zero-order valence-corrected chi connectivity index (χ0v) is 17.3. The first-order valence-electron chi connectivity index (χ1n) is 9.30. The number of carbonyl (C=O) groups is 2. The second-order valence-corrected chi connectivity index (χ2v) is 8.48. The molecule has 0 spiro atoms. The number of hydrogen-bond acceptors (Lipinski definition) is 8. The van der Waals surface area contributed by atoms with Crippen LogP contribution in [0.2, 0.25) is 0 Å². The lowest BCUT2D eigenvalue weighted by Gasteiger charge is -2.14. The predicted octanol–water partition coefficient (Wildman–Crippen LogP) is 1.60. The van der Waals surface area contributed by atoms with Gasteiger partial charge in [-0.15, -0.1) is 0 Å². The van der Waals surface area contributed by atoms with Crippen LogP contribution in [0.4, 0.5) is 0 Å². The minimum absolute atomic E-state index is 0.0310. The van der Waals surface area contributed by atoms with Gasteiger partial charge in [0.2, 0.25) is 17.6 Å². The standard InChI is InChI=1S/C20H18N4O6S/c1-29-14-6-4-5-13(11-14)19-22-18(30-23-19)12-21-17(25)9-10-24-20(26)15-7-2-3-8-16(15)31(24,27)28/h2-8,11H,9-10,12H2,1H3,(H,21,25). The largest absolute Gasteiger partial charge is 0.497 e. The van der Waals surface area contributed by atoms with Crippen LogP contribution in [-0.2, 0) is 21.4 Å². The maximum atomic E-state index is 12.5. The van der Waals surface area contributed by atoms with E-state index in [1.165, 1.54) is 12.1 Å². The van der Waals surface area contributed by atoms with Crippen LogP contribution in [0.1, 0.15) is 22.7 Å². The molecule has 4 rings (SSSR count). The number of nitrogens with zero attached hydrogens (tertiary/aromatic N) is 3. The topological polar surface area (TPSA) is 132 Å². The van der Waals surface area contributed by atoms with Crippen molar-refractivity contribution in [2.45, 2.75) is 17.9 Å². The highest BCUT2D eigenvalue weighted by atomic mass is 32.2. The van der Waals surface area contributed by atoms with E-state index in [9.17, 15) is 18.0 Å². The first-order valence-corrected chi connectivity index (χ1v) is 10.7. The van der Waals surface area contributed by atoms with Crippen LogP contribution in [0.25, 0.3) is 11.4 Å². The number of ether oxygens (including phenoxy) is 1. The van der Waals surface area contributed by atoms with Crippen molar-refractivity contribution in [2.24, 2.45) is 0 Å². The first-order chi connectivity index (χ1) is 14.9. The summed E-state index contributed by atoms with van der Waals surface area (Å²) in [5.74, 6) is 0.0761. The lowest BCUT2D eigenvalue weighted by molar-refractivity contribution is -0.121. The molecule has 1 aliphatic heterocycles. The molecular formula is C20H18N4O6S. The summed E-state index contributed by atoms with van der Waals surface area (Å²) >= 11 is 0. The highest BCUT2D eigenvalue weighted by Crippen LogP contribution is 2.29. The van der Waals surface area contributed by atoms with Crippen molar-refractivity contribution in [3.8, 4) is 17.1 Å². The van der Waals surface area contributed by atoms with Crippen molar-refractivity contribution in [3.63, 3.8) is 0 Å². The van der Waals surface area contributed by atoms with Gasteiger partial charge in [0, 0.05) is 18.5 Å². The van der Waals surface area contributed by atoms with Crippen LogP contribution in [-0.4, -0.2) is 48.3 Å². The third kappa shape index (κ3) is 3.99. The average molecular weight is 442 g/mol. The highest BCUT2D eigenvalue weighted by Gasteiger charge is 2.40. The molecule has 0 radical (unpaired) electrons. The zero-order valence-electron chi connectivity index (χ0n) is 16.4. The quantitative estimate of drug-likeness (QED) is 0.584. The van der Waals surface area contributed by atoms with Gasteiger partial charge >= 0.3 is 0 Å². The number of sulfonamides is 1. The van der Waals surface area contributed by atoms with Gasteiger partial charge in [0.1, 0.15) is 10.6 Å². The molecule has 0 unspecified atom stereocenters. The third-order valence-corrected chi connectivity index (χ3v) is 6.53. The second kappa shape index (κ2) is 8.19. The predicted molar refractivity (Wildman–Crippen MR) is 107 cm³/mol. The lowest BCUT2D eigenvalue weighted by atomic mass is 10.2. The zero-order chi connectivity index (χ0) is 22.0. The molecule has 160 valence electrons. The second-order valence-electron chi connectivity index (χ2n) is 6.65. The van der Waals surface area contributed by atoms with E-state index in [0.717, 1.165) is 0 Å². The van der Waals surface area contributed by atoms with Gasteiger partial charge in [-0.1, -0.05) is 29.4 Å². The molecule has 1 N–H and O–H groups in total. The number of aromatic nitrogens is 2. The van der Waals surface area contributed by atoms with E-state index < -0.39 is 21.8 Å². The molecule has 0 atom stereocenters. The molecular weight excluding hydrogens is 424 g/mol. The molecule has 0 saturated heterocycles. The highest BCUT2D eigenvalue weighted by molar-refractivity contribution is 7.90. The number of nitrogens with one attached hydrogen (secondary N) is 1. The molecule has 1 aliphatic rings. The summed E-state index contributed by atoms with van der Waals surface area (Å²) in [5.41, 5.74) is 0.803. The van der Waals surface area contributed by atoms with E-state index in [0.29, 0.717) is 21.4 Å². The number of benzene rings is 2. The molecule has 11 heteroatoms. The molecule has 2 heterocycles. The molecule has 0 fully saturated rings. The Morgan fingerprint density at radius 1 is 1.19 bits per heavy atom. The fourth-order valence-corrected chi connectivity index (χ4v) is 4.69. The Hall–Kier alpha value is -3.73. The molecule has 0 saturated carbocycles. The Balaban J connectivity index is 1.34. The van der Waals surface area contributed by atoms with E-state index in [1.54, 1.807) is 43.5 Å². The van der Waals surface area contributed by atoms with E-state index >= 15 is 0 Å². The number of hydrogen-bond donors (Lipinski definition) is 1. The molecule has 2 aromatic carbocycles. The van der Waals surface area contributed by atoms with Gasteiger partial charge in [-0.2, -0.15) is 4.98 Å². The van der Waals surface area contributed by atoms with Crippen LogP contribution >= 0.6 is 0 Å². The van der Waals surface area contributed by atoms with Crippen LogP contribution in [0.15, 0.2) is 57.9 Å². The summed E-state index contributed by atoms with van der Waals surface area (Å²) in [7, 11) is -2.39. The Labute approximate surface area is 177 Å². The van der Waals surface area contributed by atoms with Gasteiger partial charge in [0.25, 0.3) is 15.9 Å². The van der Waals surface area contributed by atoms with Gasteiger partial charge in [0.15, 0.2) is 0 Å². The van der Waals surface area contributed by atoms with E-state index in [4.69, 9.17) is 9.26 Å². The van der Waals surface area contributed by atoms with Crippen molar-refractivity contribution in [2.75, 3.05) is 13.7 Å². The van der Waals surface area contributed by atoms with Crippen LogP contribution in [0, 0.1) is 0 Å². The summed E-state index contributed by atoms with van der Waals surface area (Å²) in [4.78, 5) is 28.7. The Morgan fingerprint density at radius 2 is 2.00 bits per heavy atom. The van der Waals surface area contributed by atoms with E-state index in [-0.39, 0.29) is 35.9 Å². The normalized spacial score (nSPS) is 14.4. The minimum atomic E-state index is -3.94. The molecule has 31 heavy (non-hydrogen) atoms. The Morgan fingerprint density at radius 3 is 2.77 bits per heavy atom. The monoisotopic (exact) mass is 442 g/mol. The molecule has 0 aliphatic carbocycles. The van der Waals surface area contributed by atoms with Crippen molar-refractivity contribution >= 4 is 21.8 Å². The van der Waals surface area contributed by atoms with Crippen LogP contribution < -0.4 is 10.1 Å². The van der Waals surface area contributed by atoms with Crippen molar-refractivity contribution in [1.82, 2.24) is 19.8 Å². The van der Waals surface area contributed by atoms with E-state index in [2.05, 4.69) is 15.5 Å². The minimum Gasteiger partial charge on any atom is -0.497 e. The number of carbonyl (C=O) groups excluding carboxylic acids is 2. The van der Waals surface area contributed by atoms with Crippen LogP contribution in [0.3, 0.4) is 0 Å². The van der Waals surface area contributed by atoms with Crippen molar-refractivity contribution in [3.05, 3.63) is 60.0 Å². The van der Waals surface area contributed by atoms with Crippen molar-refractivity contribution in [1.29, 1.82) is 0 Å². The fourth-order valence-electron chi connectivity index (χ4n) is 3.12. The summed E-state index contributed by atoms with van der Waals surface area (Å²) in [5, 5.41) is 6.46.